The van der Waals surface area contributed by atoms with Gasteiger partial charge in [-0.1, -0.05) is 46.3 Å². The predicted molar refractivity (Wildman–Crippen MR) is 100 cm³/mol. The van der Waals surface area contributed by atoms with Gasteiger partial charge in [0.2, 0.25) is 12.1 Å². The molecule has 0 fully saturated rings. The number of amides is 1. The molecule has 0 saturated carbocycles. The Morgan fingerprint density at radius 3 is 2.72 bits per heavy atom. The molecule has 0 spiro atoms. The number of halogens is 1. The largest absolute Gasteiger partial charge is 0.445 e. The lowest BCUT2D eigenvalue weighted by molar-refractivity contribution is -0.135. The predicted octanol–water partition coefficient (Wildman–Crippen LogP) is 4.48. The van der Waals surface area contributed by atoms with Gasteiger partial charge in [0.25, 0.3) is 5.90 Å². The molecule has 1 aromatic heterocycles. The summed E-state index contributed by atoms with van der Waals surface area (Å²) in [5, 5.41) is 6.90. The first-order valence-corrected chi connectivity index (χ1v) is 8.72. The molecule has 6 heteroatoms. The second-order valence-electron chi connectivity index (χ2n) is 5.96. The van der Waals surface area contributed by atoms with Gasteiger partial charge in [-0.05, 0) is 30.7 Å². The number of carbonyl (C=O) groups excluding carboxylic acids is 1. The highest BCUT2D eigenvalue weighted by molar-refractivity contribution is 9.10. The first-order valence-electron chi connectivity index (χ1n) is 7.93. The van der Waals surface area contributed by atoms with E-state index in [9.17, 15) is 4.79 Å². The van der Waals surface area contributed by atoms with Crippen LogP contribution in [0.15, 0.2) is 58.1 Å². The second-order valence-corrected chi connectivity index (χ2v) is 6.88. The van der Waals surface area contributed by atoms with Gasteiger partial charge in [-0.3, -0.25) is 4.79 Å². The van der Waals surface area contributed by atoms with Gasteiger partial charge in [-0.2, -0.15) is 5.01 Å². The van der Waals surface area contributed by atoms with Gasteiger partial charge < -0.3 is 9.72 Å². The van der Waals surface area contributed by atoms with Crippen LogP contribution in [0.1, 0.15) is 30.0 Å². The van der Waals surface area contributed by atoms with Crippen LogP contribution in [0.2, 0.25) is 0 Å². The van der Waals surface area contributed by atoms with E-state index < -0.39 is 6.23 Å². The number of aromatic nitrogens is 1. The normalized spacial score (nSPS) is 16.8. The van der Waals surface area contributed by atoms with Crippen molar-refractivity contribution in [3.8, 4) is 0 Å². The third kappa shape index (κ3) is 2.72. The Bertz CT molecular complexity index is 995. The number of aromatic amines is 1. The van der Waals surface area contributed by atoms with Gasteiger partial charge >= 0.3 is 0 Å². The number of ether oxygens (including phenoxy) is 1. The Kier molecular flexibility index (Phi) is 3.84. The van der Waals surface area contributed by atoms with Crippen molar-refractivity contribution < 1.29 is 9.53 Å². The summed E-state index contributed by atoms with van der Waals surface area (Å²) in [6, 6.07) is 15.6. The molecule has 126 valence electrons. The van der Waals surface area contributed by atoms with Crippen molar-refractivity contribution in [3.63, 3.8) is 0 Å². The Hall–Kier alpha value is -2.60. The molecule has 1 aliphatic rings. The Balaban J connectivity index is 1.77. The molecule has 1 atom stereocenters. The Morgan fingerprint density at radius 2 is 2.00 bits per heavy atom. The van der Waals surface area contributed by atoms with Crippen LogP contribution < -0.4 is 0 Å². The highest BCUT2D eigenvalue weighted by Crippen LogP contribution is 2.33. The van der Waals surface area contributed by atoms with Crippen LogP contribution >= 0.6 is 15.9 Å². The molecule has 0 radical (unpaired) electrons. The monoisotopic (exact) mass is 397 g/mol. The molecule has 25 heavy (non-hydrogen) atoms. The number of hydrogen-bond donors (Lipinski definition) is 1. The first kappa shape index (κ1) is 15.9. The fourth-order valence-corrected chi connectivity index (χ4v) is 3.37. The van der Waals surface area contributed by atoms with E-state index in [1.54, 1.807) is 0 Å². The van der Waals surface area contributed by atoms with E-state index in [2.05, 4.69) is 32.1 Å². The van der Waals surface area contributed by atoms with Crippen LogP contribution in [-0.4, -0.2) is 21.8 Å². The quantitative estimate of drug-likeness (QED) is 0.692. The summed E-state index contributed by atoms with van der Waals surface area (Å²) < 4.78 is 7.07. The van der Waals surface area contributed by atoms with E-state index in [0.29, 0.717) is 5.90 Å². The van der Waals surface area contributed by atoms with E-state index >= 15 is 0 Å². The van der Waals surface area contributed by atoms with Gasteiger partial charge in [-0.15, -0.1) is 5.10 Å². The average Bonchev–Trinajstić information content (AvgIpc) is 3.18. The number of benzene rings is 2. The smallest absolute Gasteiger partial charge is 0.258 e. The van der Waals surface area contributed by atoms with E-state index in [4.69, 9.17) is 4.74 Å². The Morgan fingerprint density at radius 1 is 1.24 bits per heavy atom. The van der Waals surface area contributed by atoms with Gasteiger partial charge in [0.15, 0.2) is 0 Å². The molecule has 4 rings (SSSR count). The molecule has 0 aliphatic carbocycles. The minimum Gasteiger partial charge on any atom is -0.445 e. The van der Waals surface area contributed by atoms with E-state index in [0.717, 1.165) is 32.2 Å². The van der Waals surface area contributed by atoms with Crippen molar-refractivity contribution in [1.82, 2.24) is 9.99 Å². The van der Waals surface area contributed by atoms with Gasteiger partial charge in [-0.25, -0.2) is 0 Å². The zero-order valence-corrected chi connectivity index (χ0v) is 15.4. The molecule has 0 saturated heterocycles. The molecule has 0 unspecified atom stereocenters. The lowest BCUT2D eigenvalue weighted by Gasteiger charge is -2.19. The third-order valence-corrected chi connectivity index (χ3v) is 4.78. The van der Waals surface area contributed by atoms with Crippen LogP contribution in [-0.2, 0) is 9.53 Å². The lowest BCUT2D eigenvalue weighted by atomic mass is 10.1. The summed E-state index contributed by atoms with van der Waals surface area (Å²) in [4.78, 5) is 15.4. The van der Waals surface area contributed by atoms with Crippen molar-refractivity contribution >= 4 is 38.6 Å². The number of hydrogen-bond acceptors (Lipinski definition) is 3. The summed E-state index contributed by atoms with van der Waals surface area (Å²) >= 11 is 3.50. The molecule has 1 N–H and O–H groups in total. The number of hydrazone groups is 1. The van der Waals surface area contributed by atoms with Crippen molar-refractivity contribution in [2.75, 3.05) is 0 Å². The fraction of sp³-hybridized carbons (Fsp3) is 0.158. The van der Waals surface area contributed by atoms with Crippen LogP contribution in [0, 0.1) is 6.92 Å². The maximum absolute atomic E-state index is 12.0. The van der Waals surface area contributed by atoms with Crippen molar-refractivity contribution in [3.05, 3.63) is 69.8 Å². The SMILES string of the molecule is CC(=O)N1N=C(c2[nH]c3ccc(Br)cc3c2C)O[C@H]1c1ccccc1. The standard InChI is InChI=1S/C19H16BrN3O2/c1-11-15-10-14(20)8-9-16(15)21-17(11)18-22-23(12(2)24)19(25-18)13-6-4-3-5-7-13/h3-10,19,21H,1-2H3/t19-/m0/s1. The summed E-state index contributed by atoms with van der Waals surface area (Å²) in [6.07, 6.45) is -0.550. The topological polar surface area (TPSA) is 57.7 Å². The minimum absolute atomic E-state index is 0.166. The van der Waals surface area contributed by atoms with Gasteiger partial charge in [0.1, 0.15) is 5.69 Å². The zero-order chi connectivity index (χ0) is 17.6. The molecule has 1 amide bonds. The molecular formula is C19H16BrN3O2. The van der Waals surface area contributed by atoms with Crippen LogP contribution in [0.4, 0.5) is 0 Å². The number of nitrogens with one attached hydrogen (secondary N) is 1. The summed E-state index contributed by atoms with van der Waals surface area (Å²) in [5.74, 6) is 0.259. The summed E-state index contributed by atoms with van der Waals surface area (Å²) in [5.41, 5.74) is 3.71. The van der Waals surface area contributed by atoms with Gasteiger partial charge in [0, 0.05) is 27.9 Å². The molecular weight excluding hydrogens is 382 g/mol. The van der Waals surface area contributed by atoms with E-state index in [-0.39, 0.29) is 5.91 Å². The first-order chi connectivity index (χ1) is 12.0. The molecule has 0 bridgehead atoms. The lowest BCUT2D eigenvalue weighted by Crippen LogP contribution is -2.25. The van der Waals surface area contributed by atoms with Crippen molar-refractivity contribution in [1.29, 1.82) is 0 Å². The highest BCUT2D eigenvalue weighted by Gasteiger charge is 2.34. The van der Waals surface area contributed by atoms with Crippen LogP contribution in [0.25, 0.3) is 10.9 Å². The van der Waals surface area contributed by atoms with Crippen molar-refractivity contribution in [2.24, 2.45) is 5.10 Å². The number of fused-ring (bicyclic) bond motifs is 1. The molecule has 2 heterocycles. The van der Waals surface area contributed by atoms with E-state index in [1.807, 2.05) is 49.4 Å². The van der Waals surface area contributed by atoms with Crippen molar-refractivity contribution in [2.45, 2.75) is 20.1 Å². The highest BCUT2D eigenvalue weighted by atomic mass is 79.9. The maximum Gasteiger partial charge on any atom is 0.258 e. The maximum atomic E-state index is 12.0. The molecule has 2 aromatic carbocycles. The average molecular weight is 398 g/mol. The second kappa shape index (κ2) is 6.04. The molecule has 1 aliphatic heterocycles. The molecule has 3 aromatic rings. The molecule has 5 nitrogen and oxygen atoms in total. The summed E-state index contributed by atoms with van der Waals surface area (Å²) in [7, 11) is 0. The third-order valence-electron chi connectivity index (χ3n) is 4.29. The van der Waals surface area contributed by atoms with Crippen LogP contribution in [0.3, 0.4) is 0 Å². The van der Waals surface area contributed by atoms with Gasteiger partial charge in [0.05, 0.1) is 0 Å². The zero-order valence-electron chi connectivity index (χ0n) is 13.8. The minimum atomic E-state index is -0.550. The number of H-pyrrole nitrogens is 1. The Labute approximate surface area is 153 Å². The number of aryl methyl sites for hydroxylation is 1. The summed E-state index contributed by atoms with van der Waals surface area (Å²) in [6.45, 7) is 3.50. The number of rotatable bonds is 2. The fourth-order valence-electron chi connectivity index (χ4n) is 3.01. The number of carbonyl (C=O) groups is 1. The van der Waals surface area contributed by atoms with E-state index in [1.165, 1.54) is 11.9 Å². The van der Waals surface area contributed by atoms with Crippen LogP contribution in [0.5, 0.6) is 0 Å². The number of nitrogens with zero attached hydrogens (tertiary/aromatic N) is 2.